The number of para-hydroxylation sites is 2. The van der Waals surface area contributed by atoms with Crippen molar-refractivity contribution in [2.24, 2.45) is 51.7 Å². The number of aliphatic hydroxyl groups is 1. The van der Waals surface area contributed by atoms with E-state index in [1.54, 1.807) is 38.1 Å². The normalized spacial score (nSPS) is 15.4. The van der Waals surface area contributed by atoms with Gasteiger partial charge in [0.25, 0.3) is 41.4 Å². The third kappa shape index (κ3) is 41.1. The van der Waals surface area contributed by atoms with Gasteiger partial charge in [-0.05, 0) is 205 Å². The predicted octanol–water partition coefficient (Wildman–Crippen LogP) is 17.2. The highest BCUT2D eigenvalue weighted by Crippen LogP contribution is 2.36. The van der Waals surface area contributed by atoms with E-state index in [2.05, 4.69) is 63.9 Å². The van der Waals surface area contributed by atoms with Crippen LogP contribution in [-0.2, 0) is 86.6 Å². The number of hydroxylamine groups is 6. The number of imide groups is 3. The molecule has 0 aliphatic carbocycles. The van der Waals surface area contributed by atoms with Crippen LogP contribution >= 0.6 is 0 Å². The Hall–Kier alpha value is -13.2. The number of nitrogens with zero attached hydrogens (tertiary/aromatic N) is 5. The fourth-order valence-electron chi connectivity index (χ4n) is 16.0. The first-order chi connectivity index (χ1) is 67.4. The monoisotopic (exact) mass is 1960 g/mol. The summed E-state index contributed by atoms with van der Waals surface area (Å²) in [5, 5.41) is 77.8. The zero-order valence-corrected chi connectivity index (χ0v) is 82.7. The average molecular weight is 1960 g/mol. The Balaban J connectivity index is 0.000000409. The van der Waals surface area contributed by atoms with E-state index in [0.29, 0.717) is 137 Å². The Kier molecular flexibility index (Phi) is 54.4. The Morgan fingerprint density at radius 2 is 0.736 bits per heavy atom. The fourth-order valence-corrected chi connectivity index (χ4v) is 17.2. The zero-order valence-electron chi connectivity index (χ0n) is 82.9. The molecule has 0 radical (unpaired) electrons. The number of aliphatic carboxylic acids is 4. The molecule has 0 aromatic heterocycles. The van der Waals surface area contributed by atoms with E-state index in [1.165, 1.54) is 50.3 Å². The Morgan fingerprint density at radius 3 is 1.06 bits per heavy atom. The first-order valence-electron chi connectivity index (χ1n) is 48.4. The lowest BCUT2D eigenvalue weighted by Crippen LogP contribution is -2.38. The van der Waals surface area contributed by atoms with Gasteiger partial charge in [-0.1, -0.05) is 189 Å². The molecule has 8 amide bonds. The topological polar surface area (TPSA) is 505 Å². The standard InChI is InChI=1S/C41H56N6O8S.2C22H29NO6.C14H20O2.C4H5NO3.C2H2/c1-5-30(16-17-33(41(51)52)28-31(6-2)32-12-8-7-9-13-32)39(49)44-25-24-42-22-23-43-26-27-56(53,54)35-20-18-34(19-21-35)46-47-38(29(3)48)40(50)45-36-14-10-11-15-37(36)55-4;2*1-3-15(22(28)29-23-19(24)12-13-20(23)25)10-11-18(21(26)27)14-16(4-2)17-8-6-5-7-9-17;1-3-11(10-12(4-2)14(15)16)13-8-6-5-7-9-13;6-3-1-2-4(7)5(3)8;1-2/h7-15,18-21,30-31,33,42-43,48H,5-6,16-17,22-28H2,1-4H3,(H,44,49)(H,45,50)(H,51,52);2*5-9,15-16,18H,3-4,10-14H2,1-2H3,(H,26,27);5-9,11-12H,3-4,10H2,1-2H3,(H,15,16);8H,1-2H2;1-2H/i;;;;;1D. The van der Waals surface area contributed by atoms with Crippen LogP contribution in [-0.4, -0.2) is 183 Å². The maximum Gasteiger partial charge on any atom is 0.336 e. The fraction of sp³-hybridized carbons (Fsp3) is 0.486. The number of benzene rings is 6. The minimum atomic E-state index is -3.59. The first-order valence-corrected chi connectivity index (χ1v) is 49.6. The molecular weight excluding hydrogens is 1820 g/mol. The van der Waals surface area contributed by atoms with Crippen LogP contribution in [0.5, 0.6) is 5.75 Å². The van der Waals surface area contributed by atoms with Gasteiger partial charge in [0, 0.05) is 77.2 Å². The minimum Gasteiger partial charge on any atom is -0.510 e. The van der Waals surface area contributed by atoms with Crippen molar-refractivity contribution in [3.63, 3.8) is 0 Å². The van der Waals surface area contributed by atoms with Crippen molar-refractivity contribution in [1.82, 2.24) is 31.1 Å². The van der Waals surface area contributed by atoms with Gasteiger partial charge in [-0.25, -0.2) is 18.0 Å². The largest absolute Gasteiger partial charge is 0.510 e. The van der Waals surface area contributed by atoms with Crippen LogP contribution in [0.3, 0.4) is 0 Å². The molecule has 3 heterocycles. The van der Waals surface area contributed by atoms with E-state index in [0.717, 1.165) is 48.8 Å². The molecule has 762 valence electrons. The van der Waals surface area contributed by atoms with Crippen molar-refractivity contribution in [3.05, 3.63) is 204 Å². The average Bonchev–Trinajstić information content (AvgIpc) is 1.80. The Labute approximate surface area is 822 Å². The van der Waals surface area contributed by atoms with Gasteiger partial charge in [-0.3, -0.25) is 62.7 Å². The number of carboxylic acids is 4. The lowest BCUT2D eigenvalue weighted by Gasteiger charge is -2.22. The quantitative estimate of drug-likeness (QED) is 0.00322. The second-order valence-electron chi connectivity index (χ2n) is 34.1. The molecule has 6 aromatic rings. The van der Waals surface area contributed by atoms with Crippen molar-refractivity contribution in [2.75, 3.05) is 50.9 Å². The minimum absolute atomic E-state index is 0.0435. The van der Waals surface area contributed by atoms with Crippen molar-refractivity contribution >= 4 is 104 Å². The smallest absolute Gasteiger partial charge is 0.336 e. The summed E-state index contributed by atoms with van der Waals surface area (Å²) in [7, 11) is -2.13. The van der Waals surface area contributed by atoms with E-state index in [-0.39, 0.29) is 113 Å². The number of rotatable bonds is 53. The summed E-state index contributed by atoms with van der Waals surface area (Å²) >= 11 is 0. The van der Waals surface area contributed by atoms with Gasteiger partial charge in [-0.15, -0.1) is 28.1 Å². The van der Waals surface area contributed by atoms with E-state index in [1.807, 2.05) is 137 Å². The molecule has 0 bridgehead atoms. The van der Waals surface area contributed by atoms with Gasteiger partial charge in [0.2, 0.25) is 5.91 Å². The molecule has 11 atom stereocenters. The van der Waals surface area contributed by atoms with Crippen molar-refractivity contribution in [2.45, 2.75) is 245 Å². The van der Waals surface area contributed by atoms with Gasteiger partial charge in [0.15, 0.2) is 15.5 Å². The number of hydrogen-bond acceptors (Lipinski definition) is 25. The van der Waals surface area contributed by atoms with Gasteiger partial charge < -0.3 is 61.2 Å². The molecule has 11 unspecified atom stereocenters. The number of amides is 8. The van der Waals surface area contributed by atoms with Crippen molar-refractivity contribution < 1.29 is 122 Å². The number of aliphatic hydroxyl groups excluding tert-OH is 1. The van der Waals surface area contributed by atoms with E-state index in [4.69, 9.17) is 26.1 Å². The van der Waals surface area contributed by atoms with Crippen LogP contribution in [0.4, 0.5) is 11.4 Å². The number of hydrogen-bond donors (Lipinski definition) is 10. The molecule has 6 aromatic carbocycles. The number of azo groups is 1. The Bertz CT molecular complexity index is 5010. The summed E-state index contributed by atoms with van der Waals surface area (Å²) in [5.74, 6) is -11.0. The molecule has 34 nitrogen and oxygen atoms in total. The molecule has 3 saturated heterocycles. The Morgan fingerprint density at radius 1 is 0.421 bits per heavy atom. The number of nitrogens with one attached hydrogen (secondary N) is 4. The number of ether oxygens (including phenoxy) is 1. The summed E-state index contributed by atoms with van der Waals surface area (Å²) in [6, 6.07) is 52.3. The van der Waals surface area contributed by atoms with Gasteiger partial charge >= 0.3 is 35.8 Å². The highest BCUT2D eigenvalue weighted by atomic mass is 32.2. The molecule has 0 spiro atoms. The first kappa shape index (κ1) is 117. The summed E-state index contributed by atoms with van der Waals surface area (Å²) in [6.45, 7) is 19.3. The number of carboxylic acid groups (broad SMARTS) is 4. The number of terminal acetylenes is 1. The third-order valence-electron chi connectivity index (χ3n) is 24.7. The molecule has 3 aliphatic rings. The zero-order chi connectivity index (χ0) is 105. The van der Waals surface area contributed by atoms with Crippen LogP contribution < -0.4 is 26.0 Å². The molecule has 3 fully saturated rings. The summed E-state index contributed by atoms with van der Waals surface area (Å²) in [4.78, 5) is 174. The SMILES string of the molecule is CCC(CC(CC)c1ccccc1)C(=O)O.CCC(CCC(CC(CC)c1ccccc1)C(=O)O)C(=O)NCCNCCNCCS(=O)(=O)c1ccc(N=NC(C(=O)Nc2ccccc2OC)=C(C)O)cc1.CCC(CCC(CC(CC)c1ccccc1)C(=O)O)C(=O)ON1C(=O)CCC1=O.CCC(CCC(CC(CC)c1ccccc1)C(=O)O)C(=O)ON1C(=O)CCC1=O.O=C1CCC(=O)N1O.[2H]C#C. The van der Waals surface area contributed by atoms with Crippen LogP contribution in [0.2, 0.25) is 0 Å². The second kappa shape index (κ2) is 64.9. The number of allylic oxidation sites excluding steroid dienone is 1. The molecule has 9 rings (SSSR count). The third-order valence-corrected chi connectivity index (χ3v) is 26.5. The lowest BCUT2D eigenvalue weighted by atomic mass is 9.83. The summed E-state index contributed by atoms with van der Waals surface area (Å²) in [5.41, 5.74) is 4.97. The van der Waals surface area contributed by atoms with Gasteiger partial charge in [-0.2, -0.15) is 10.2 Å². The molecule has 0 saturated carbocycles. The molecular formula is C105H141N9O25S. The second-order valence-corrected chi connectivity index (χ2v) is 36.2. The number of methoxy groups -OCH3 is 1. The lowest BCUT2D eigenvalue weighted by molar-refractivity contribution is -0.201. The van der Waals surface area contributed by atoms with Crippen molar-refractivity contribution in [3.8, 4) is 18.6 Å². The van der Waals surface area contributed by atoms with Crippen LogP contribution in [0.15, 0.2) is 196 Å². The molecule has 10 N–H and O–H groups in total. The molecule has 140 heavy (non-hydrogen) atoms. The number of carbonyl (C=O) groups excluding carboxylic acids is 10. The highest BCUT2D eigenvalue weighted by molar-refractivity contribution is 7.91. The van der Waals surface area contributed by atoms with Gasteiger partial charge in [0.1, 0.15) is 12.9 Å². The van der Waals surface area contributed by atoms with Gasteiger partial charge in [0.05, 0.1) is 64.6 Å². The predicted molar refractivity (Wildman–Crippen MR) is 526 cm³/mol. The summed E-state index contributed by atoms with van der Waals surface area (Å²) < 4.78 is 36.7. The number of carbonyl (C=O) groups is 14. The maximum atomic E-state index is 12.9. The van der Waals surface area contributed by atoms with E-state index < -0.39 is 117 Å². The van der Waals surface area contributed by atoms with Crippen molar-refractivity contribution in [1.29, 1.82) is 0 Å². The number of anilines is 1. The molecule has 3 aliphatic heterocycles. The highest BCUT2D eigenvalue weighted by Gasteiger charge is 2.38. The van der Waals surface area contributed by atoms with Crippen LogP contribution in [0.25, 0.3) is 0 Å². The maximum absolute atomic E-state index is 12.9. The molecule has 35 heteroatoms. The summed E-state index contributed by atoms with van der Waals surface area (Å²) in [6.07, 6.45) is 16.5. The van der Waals surface area contributed by atoms with Crippen LogP contribution in [0.1, 0.15) is 264 Å². The van der Waals surface area contributed by atoms with E-state index in [9.17, 15) is 96.0 Å². The van der Waals surface area contributed by atoms with Crippen LogP contribution in [0, 0.1) is 54.2 Å². The number of sulfone groups is 1. The van der Waals surface area contributed by atoms with E-state index >= 15 is 0 Å².